The minimum atomic E-state index is 0.688. The van der Waals surface area contributed by atoms with E-state index >= 15 is 0 Å². The largest absolute Gasteiger partial charge is 0.345 e. The van der Waals surface area contributed by atoms with Gasteiger partial charge in [-0.1, -0.05) is 30.3 Å². The Balaban J connectivity index is 2.27. The third-order valence-corrected chi connectivity index (χ3v) is 2.08. The maximum atomic E-state index is 10.7. The number of hydrogen-bond acceptors (Lipinski definition) is 2. The number of aldehydes is 1. The van der Waals surface area contributed by atoms with Crippen LogP contribution in [-0.2, 0) is 0 Å². The van der Waals surface area contributed by atoms with E-state index in [1.54, 1.807) is 18.6 Å². The molecule has 0 saturated carbocycles. The third kappa shape index (κ3) is 2.20. The second-order valence-electron chi connectivity index (χ2n) is 3.09. The van der Waals surface area contributed by atoms with Gasteiger partial charge in [0, 0.05) is 5.56 Å². The molecule has 1 aromatic heterocycles. The van der Waals surface area contributed by atoms with Crippen LogP contribution in [-0.4, -0.2) is 16.3 Å². The average Bonchev–Trinajstić information content (AvgIpc) is 2.79. The van der Waals surface area contributed by atoms with Crippen molar-refractivity contribution in [2.24, 2.45) is 0 Å². The Labute approximate surface area is 87.5 Å². The summed E-state index contributed by atoms with van der Waals surface area (Å²) in [5.74, 6) is 0. The highest BCUT2D eigenvalue weighted by Crippen LogP contribution is 2.10. The Hall–Kier alpha value is -2.16. The van der Waals surface area contributed by atoms with Crippen molar-refractivity contribution in [3.8, 4) is 0 Å². The molecule has 0 fully saturated rings. The Morgan fingerprint density at radius 2 is 1.93 bits per heavy atom. The summed E-state index contributed by atoms with van der Waals surface area (Å²) in [5.41, 5.74) is 2.51. The molecule has 0 spiro atoms. The normalized spacial score (nSPS) is 10.7. The fourth-order valence-corrected chi connectivity index (χ4v) is 1.31. The number of nitrogens with zero attached hydrogens (tertiary/aromatic N) is 1. The van der Waals surface area contributed by atoms with Crippen molar-refractivity contribution >= 4 is 18.4 Å². The molecular weight excluding hydrogens is 188 g/mol. The van der Waals surface area contributed by atoms with Gasteiger partial charge in [-0.2, -0.15) is 0 Å². The van der Waals surface area contributed by atoms with Crippen molar-refractivity contribution in [3.63, 3.8) is 0 Å². The average molecular weight is 198 g/mol. The van der Waals surface area contributed by atoms with Gasteiger partial charge >= 0.3 is 0 Å². The summed E-state index contributed by atoms with van der Waals surface area (Å²) >= 11 is 0. The van der Waals surface area contributed by atoms with Crippen LogP contribution < -0.4 is 0 Å². The van der Waals surface area contributed by atoms with Crippen LogP contribution in [0.15, 0.2) is 36.8 Å². The van der Waals surface area contributed by atoms with Gasteiger partial charge in [-0.25, -0.2) is 4.98 Å². The van der Waals surface area contributed by atoms with Crippen molar-refractivity contribution in [1.29, 1.82) is 0 Å². The Morgan fingerprint density at radius 3 is 2.60 bits per heavy atom. The summed E-state index contributed by atoms with van der Waals surface area (Å²) in [7, 11) is 0. The highest BCUT2D eigenvalue weighted by atomic mass is 16.1. The second kappa shape index (κ2) is 4.37. The van der Waals surface area contributed by atoms with Gasteiger partial charge in [0.15, 0.2) is 6.29 Å². The van der Waals surface area contributed by atoms with Crippen molar-refractivity contribution in [2.75, 3.05) is 0 Å². The molecule has 2 rings (SSSR count). The molecule has 3 heteroatoms. The highest BCUT2D eigenvalue weighted by Gasteiger charge is 1.95. The van der Waals surface area contributed by atoms with E-state index in [1.807, 2.05) is 30.4 Å². The Bertz CT molecular complexity index is 472. The molecule has 1 N–H and O–H groups in total. The number of aromatic nitrogens is 2. The number of nitrogens with one attached hydrogen (secondary N) is 1. The monoisotopic (exact) mass is 198 g/mol. The SMILES string of the molecule is O=Cc1ccccc1/C=C/c1cnc[nH]1. The number of imidazole rings is 1. The first-order valence-electron chi connectivity index (χ1n) is 4.61. The molecule has 0 saturated heterocycles. The summed E-state index contributed by atoms with van der Waals surface area (Å²) < 4.78 is 0. The lowest BCUT2D eigenvalue weighted by atomic mass is 10.1. The zero-order valence-electron chi connectivity index (χ0n) is 8.05. The van der Waals surface area contributed by atoms with Crippen LogP contribution in [0.4, 0.5) is 0 Å². The summed E-state index contributed by atoms with van der Waals surface area (Å²) in [6.45, 7) is 0. The van der Waals surface area contributed by atoms with E-state index in [-0.39, 0.29) is 0 Å². The first-order chi connectivity index (χ1) is 7.40. The molecule has 0 aliphatic carbocycles. The van der Waals surface area contributed by atoms with E-state index in [2.05, 4.69) is 9.97 Å². The molecule has 0 amide bonds. The van der Waals surface area contributed by atoms with Crippen LogP contribution in [0.2, 0.25) is 0 Å². The number of rotatable bonds is 3. The van der Waals surface area contributed by atoms with Crippen molar-refractivity contribution in [1.82, 2.24) is 9.97 Å². The molecule has 0 radical (unpaired) electrons. The Morgan fingerprint density at radius 1 is 1.13 bits per heavy atom. The molecule has 74 valence electrons. The minimum absolute atomic E-state index is 0.688. The first-order valence-corrected chi connectivity index (χ1v) is 4.61. The van der Waals surface area contributed by atoms with E-state index in [0.717, 1.165) is 17.5 Å². The molecular formula is C12H10N2O. The van der Waals surface area contributed by atoms with Gasteiger partial charge in [0.2, 0.25) is 0 Å². The zero-order chi connectivity index (χ0) is 10.5. The van der Waals surface area contributed by atoms with Crippen LogP contribution in [0.25, 0.3) is 12.2 Å². The number of H-pyrrole nitrogens is 1. The summed E-state index contributed by atoms with van der Waals surface area (Å²) in [6, 6.07) is 7.44. The van der Waals surface area contributed by atoms with Crippen molar-refractivity contribution in [3.05, 3.63) is 53.6 Å². The molecule has 2 aromatic rings. The van der Waals surface area contributed by atoms with Crippen LogP contribution in [0, 0.1) is 0 Å². The minimum Gasteiger partial charge on any atom is -0.345 e. The standard InChI is InChI=1S/C12H10N2O/c15-8-11-4-2-1-3-10(11)5-6-12-7-13-9-14-12/h1-9H,(H,13,14)/b6-5+. The number of carbonyl (C=O) groups is 1. The van der Waals surface area contributed by atoms with E-state index in [4.69, 9.17) is 0 Å². The summed E-state index contributed by atoms with van der Waals surface area (Å²) in [4.78, 5) is 17.6. The second-order valence-corrected chi connectivity index (χ2v) is 3.09. The van der Waals surface area contributed by atoms with Gasteiger partial charge < -0.3 is 4.98 Å². The van der Waals surface area contributed by atoms with Crippen molar-refractivity contribution in [2.45, 2.75) is 0 Å². The number of benzene rings is 1. The fraction of sp³-hybridized carbons (Fsp3) is 0. The highest BCUT2D eigenvalue weighted by molar-refractivity contribution is 5.84. The number of aromatic amines is 1. The molecule has 0 bridgehead atoms. The first kappa shape index (κ1) is 9.40. The van der Waals surface area contributed by atoms with Crippen LogP contribution >= 0.6 is 0 Å². The van der Waals surface area contributed by atoms with Crippen LogP contribution in [0.5, 0.6) is 0 Å². The molecule has 0 aliphatic rings. The topological polar surface area (TPSA) is 45.8 Å². The van der Waals surface area contributed by atoms with Gasteiger partial charge in [-0.15, -0.1) is 0 Å². The molecule has 1 aromatic carbocycles. The molecule has 1 heterocycles. The van der Waals surface area contributed by atoms with E-state index in [9.17, 15) is 4.79 Å². The molecule has 15 heavy (non-hydrogen) atoms. The van der Waals surface area contributed by atoms with E-state index in [1.165, 1.54) is 0 Å². The maximum absolute atomic E-state index is 10.7. The van der Waals surface area contributed by atoms with E-state index < -0.39 is 0 Å². The number of hydrogen-bond donors (Lipinski definition) is 1. The zero-order valence-corrected chi connectivity index (χ0v) is 8.05. The molecule has 3 nitrogen and oxygen atoms in total. The van der Waals surface area contributed by atoms with Gasteiger partial charge in [0.05, 0.1) is 18.2 Å². The third-order valence-electron chi connectivity index (χ3n) is 2.08. The van der Waals surface area contributed by atoms with Crippen LogP contribution in [0.1, 0.15) is 21.6 Å². The van der Waals surface area contributed by atoms with Crippen LogP contribution in [0.3, 0.4) is 0 Å². The lowest BCUT2D eigenvalue weighted by molar-refractivity contribution is 0.112. The van der Waals surface area contributed by atoms with Gasteiger partial charge in [0.25, 0.3) is 0 Å². The summed E-state index contributed by atoms with van der Waals surface area (Å²) in [5, 5.41) is 0. The maximum Gasteiger partial charge on any atom is 0.150 e. The summed E-state index contributed by atoms with van der Waals surface area (Å²) in [6.07, 6.45) is 7.96. The lowest BCUT2D eigenvalue weighted by Crippen LogP contribution is -1.83. The molecule has 0 atom stereocenters. The lowest BCUT2D eigenvalue weighted by Gasteiger charge is -1.96. The molecule has 0 unspecified atom stereocenters. The van der Waals surface area contributed by atoms with Gasteiger partial charge in [-0.3, -0.25) is 4.79 Å². The smallest absolute Gasteiger partial charge is 0.150 e. The predicted molar refractivity (Wildman–Crippen MR) is 59.3 cm³/mol. The Kier molecular flexibility index (Phi) is 2.74. The fourth-order valence-electron chi connectivity index (χ4n) is 1.31. The number of carbonyl (C=O) groups excluding carboxylic acids is 1. The van der Waals surface area contributed by atoms with Gasteiger partial charge in [-0.05, 0) is 11.6 Å². The van der Waals surface area contributed by atoms with Gasteiger partial charge in [0.1, 0.15) is 0 Å². The molecule has 0 aliphatic heterocycles. The van der Waals surface area contributed by atoms with Crippen molar-refractivity contribution < 1.29 is 4.79 Å². The predicted octanol–water partition coefficient (Wildman–Crippen LogP) is 2.39. The van der Waals surface area contributed by atoms with E-state index in [0.29, 0.717) is 5.56 Å². The quantitative estimate of drug-likeness (QED) is 0.769.